The summed E-state index contributed by atoms with van der Waals surface area (Å²) in [4.78, 5) is 13.8. The lowest BCUT2D eigenvalue weighted by Crippen LogP contribution is -2.46. The number of hydrogen-bond acceptors (Lipinski definition) is 4. The fraction of sp³-hybridized carbons (Fsp3) is 0.632. The largest absolute Gasteiger partial charge is 0.493 e. The van der Waals surface area contributed by atoms with Crippen LogP contribution < -0.4 is 9.47 Å². The molecule has 0 saturated carbocycles. The molecule has 0 aliphatic carbocycles. The monoisotopic (exact) mass is 334 g/mol. The number of ether oxygens (including phenoxy) is 2. The van der Waals surface area contributed by atoms with Crippen molar-refractivity contribution in [1.29, 1.82) is 0 Å². The number of rotatable bonds is 4. The van der Waals surface area contributed by atoms with Gasteiger partial charge < -0.3 is 9.47 Å². The Morgan fingerprint density at radius 1 is 1.48 bits per heavy atom. The third-order valence-corrected chi connectivity index (χ3v) is 3.47. The predicted octanol–water partition coefficient (Wildman–Crippen LogP) is 3.24. The van der Waals surface area contributed by atoms with Gasteiger partial charge in [0.2, 0.25) is 0 Å². The number of piperidine rings is 1. The summed E-state index contributed by atoms with van der Waals surface area (Å²) < 4.78 is 151. The molecule has 2 aliphatic heterocycles. The van der Waals surface area contributed by atoms with E-state index in [2.05, 4.69) is 0 Å². The zero-order valence-corrected chi connectivity index (χ0v) is 12.5. The van der Waals surface area contributed by atoms with E-state index in [1.807, 2.05) is 0 Å². The van der Waals surface area contributed by atoms with E-state index in [0.717, 1.165) is 19.2 Å². The molecule has 1 aromatic carbocycles. The van der Waals surface area contributed by atoms with Crippen LogP contribution in [0, 0.1) is 11.8 Å². The maximum Gasteiger partial charge on any atom is 0.161 e. The molecule has 2 aliphatic rings. The summed E-state index contributed by atoms with van der Waals surface area (Å²) in [6, 6.07) is -1.31. The normalized spacial score (nSPS) is 50.3. The summed E-state index contributed by atoms with van der Waals surface area (Å²) in [7, 11) is 2.35. The van der Waals surface area contributed by atoms with Crippen molar-refractivity contribution in [2.24, 2.45) is 11.8 Å². The lowest BCUT2D eigenvalue weighted by atomic mass is 9.80. The Bertz CT molecular complexity index is 1210. The molecule has 23 heavy (non-hydrogen) atoms. The zero-order chi connectivity index (χ0) is 31.5. The molecule has 2 heterocycles. The third kappa shape index (κ3) is 3.09. The molecule has 0 spiro atoms. The summed E-state index contributed by atoms with van der Waals surface area (Å²) in [6.45, 7) is -13.2. The van der Waals surface area contributed by atoms with Crippen LogP contribution in [-0.2, 0) is 11.2 Å². The van der Waals surface area contributed by atoms with Crippen molar-refractivity contribution in [3.8, 4) is 11.5 Å². The second-order valence-corrected chi connectivity index (χ2v) is 4.86. The number of benzene rings is 1. The second-order valence-electron chi connectivity index (χ2n) is 4.86. The SMILES string of the molecule is [2H]C([2H])([2H])C([2H])(C([2H])([2H])[2H])C([2H])([2H])C1([2H])CN2C([2H])([2H])C([2H])([2H])c3cc(OC)c(OC)cc3C2([2H])C([2H])([2H])C1=O. The first-order chi connectivity index (χ1) is 17.6. The van der Waals surface area contributed by atoms with Crippen LogP contribution in [0.2, 0.25) is 0 Å². The Balaban J connectivity index is 2.46. The third-order valence-electron chi connectivity index (χ3n) is 3.47. The van der Waals surface area contributed by atoms with E-state index in [4.69, 9.17) is 32.8 Å². The fourth-order valence-corrected chi connectivity index (χ4v) is 2.42. The van der Waals surface area contributed by atoms with Gasteiger partial charge in [0.25, 0.3) is 0 Å². The zero-order valence-electron chi connectivity index (χ0n) is 29.5. The molecule has 0 radical (unpaired) electrons. The molecule has 0 N–H and O–H groups in total. The van der Waals surface area contributed by atoms with Crippen LogP contribution in [0.1, 0.15) is 66.9 Å². The first-order valence-electron chi connectivity index (χ1n) is 15.2. The topological polar surface area (TPSA) is 38.8 Å². The average Bonchev–Trinajstić information content (AvgIpc) is 2.81. The van der Waals surface area contributed by atoms with Gasteiger partial charge in [0.1, 0.15) is 5.78 Å². The van der Waals surface area contributed by atoms with E-state index in [1.165, 1.54) is 7.11 Å². The highest BCUT2D eigenvalue weighted by Gasteiger charge is 2.38. The van der Waals surface area contributed by atoms with Gasteiger partial charge in [0, 0.05) is 53.3 Å². The number of aryl methyl sites for hydroxylation is 1. The number of nitrogens with zero attached hydrogens (tertiary/aromatic N) is 1. The first-order valence-corrected chi connectivity index (χ1v) is 6.70. The molecule has 4 nitrogen and oxygen atoms in total. The minimum Gasteiger partial charge on any atom is -0.493 e. The number of ketones is 1. The number of Topliss-reactive ketones (excluding diaryl/α,β-unsaturated/α-hetero) is 1. The fourth-order valence-electron chi connectivity index (χ4n) is 2.42. The maximum absolute atomic E-state index is 13.8. The molecular weight excluding hydrogens is 290 g/mol. The predicted molar refractivity (Wildman–Crippen MR) is 90.1 cm³/mol. The Morgan fingerprint density at radius 2 is 2.22 bits per heavy atom. The van der Waals surface area contributed by atoms with Crippen molar-refractivity contribution in [2.75, 3.05) is 27.3 Å². The number of fused-ring (bicyclic) bond motifs is 3. The number of hydrogen-bond donors (Lipinski definition) is 0. The quantitative estimate of drug-likeness (QED) is 0.847. The standard InChI is InChI=1S/C19H27NO3/c1-12(2)7-14-11-20-6-5-13-8-18(22-3)19(23-4)9-15(13)16(20)10-17(14)21/h8-9,12,14,16H,5-7,10-11H2,1-4H3/i1D3,2D3,5D2,6D2,7D2,10D2,12D,14D,16D. The highest BCUT2D eigenvalue weighted by molar-refractivity contribution is 5.83. The first kappa shape index (κ1) is 5.48. The van der Waals surface area contributed by atoms with Crippen molar-refractivity contribution >= 4 is 5.78 Å². The van der Waals surface area contributed by atoms with Gasteiger partial charge in [-0.05, 0) is 41.9 Å². The Hall–Kier alpha value is -1.55. The summed E-state index contributed by atoms with van der Waals surface area (Å²) in [5, 5.41) is 0. The molecule has 0 bridgehead atoms. The molecule has 2 atom stereocenters. The van der Waals surface area contributed by atoms with Gasteiger partial charge in [-0.1, -0.05) is 13.7 Å². The van der Waals surface area contributed by atoms with E-state index in [9.17, 15) is 4.79 Å². The van der Waals surface area contributed by atoms with E-state index in [-0.39, 0.29) is 16.4 Å². The van der Waals surface area contributed by atoms with Gasteiger partial charge in [-0.15, -0.1) is 0 Å². The van der Waals surface area contributed by atoms with Crippen LogP contribution in [0.4, 0.5) is 0 Å². The van der Waals surface area contributed by atoms with E-state index in [0.29, 0.717) is 0 Å². The number of carbonyl (C=O) groups is 1. The lowest BCUT2D eigenvalue weighted by molar-refractivity contribution is -0.129. The average molecular weight is 335 g/mol. The number of carbonyl (C=O) groups excluding carboxylic acids is 1. The minimum atomic E-state index is -4.23. The lowest BCUT2D eigenvalue weighted by Gasteiger charge is -2.43. The van der Waals surface area contributed by atoms with E-state index < -0.39 is 80.6 Å². The summed E-state index contributed by atoms with van der Waals surface area (Å²) in [5.41, 5.74) is -1.24. The smallest absolute Gasteiger partial charge is 0.161 e. The van der Waals surface area contributed by atoms with Crippen LogP contribution in [0.25, 0.3) is 0 Å². The molecule has 0 amide bonds. The maximum atomic E-state index is 13.8. The Labute approximate surface area is 162 Å². The molecule has 4 heteroatoms. The van der Waals surface area contributed by atoms with Gasteiger partial charge >= 0.3 is 0 Å². The molecular formula is C19H27NO3. The van der Waals surface area contributed by atoms with Crippen molar-refractivity contribution in [3.05, 3.63) is 23.3 Å². The molecule has 2 unspecified atom stereocenters. The Kier molecular flexibility index (Phi) is 1.55. The van der Waals surface area contributed by atoms with Crippen LogP contribution in [-0.4, -0.2) is 37.9 Å². The summed E-state index contributed by atoms with van der Waals surface area (Å²) in [5.74, 6) is -10.5. The minimum absolute atomic E-state index is 0.0694. The van der Waals surface area contributed by atoms with Gasteiger partial charge in [-0.25, -0.2) is 0 Å². The van der Waals surface area contributed by atoms with Crippen LogP contribution in [0.5, 0.6) is 11.5 Å². The highest BCUT2D eigenvalue weighted by atomic mass is 16.5. The van der Waals surface area contributed by atoms with E-state index in [1.54, 1.807) is 0 Å². The van der Waals surface area contributed by atoms with Crippen molar-refractivity contribution < 1.29 is 37.6 Å². The van der Waals surface area contributed by atoms with Crippen molar-refractivity contribution in [1.82, 2.24) is 4.90 Å². The highest BCUT2D eigenvalue weighted by Crippen LogP contribution is 2.42. The van der Waals surface area contributed by atoms with Gasteiger partial charge in [0.15, 0.2) is 11.5 Å². The Morgan fingerprint density at radius 3 is 2.91 bits per heavy atom. The molecule has 1 fully saturated rings. The molecule has 0 aromatic heterocycles. The van der Waals surface area contributed by atoms with E-state index >= 15 is 0 Å². The van der Waals surface area contributed by atoms with Crippen molar-refractivity contribution in [2.45, 2.75) is 38.8 Å². The van der Waals surface area contributed by atoms with Gasteiger partial charge in [-0.2, -0.15) is 0 Å². The summed E-state index contributed by atoms with van der Waals surface area (Å²) in [6.07, 6.45) is -11.2. The van der Waals surface area contributed by atoms with Gasteiger partial charge in [0.05, 0.1) is 15.6 Å². The molecule has 126 valence electrons. The van der Waals surface area contributed by atoms with Crippen LogP contribution in [0.15, 0.2) is 12.1 Å². The number of methoxy groups -OCH3 is 2. The van der Waals surface area contributed by atoms with Crippen LogP contribution in [0.3, 0.4) is 0 Å². The van der Waals surface area contributed by atoms with Gasteiger partial charge in [-0.3, -0.25) is 9.69 Å². The van der Waals surface area contributed by atoms with Crippen molar-refractivity contribution in [3.63, 3.8) is 0 Å². The summed E-state index contributed by atoms with van der Waals surface area (Å²) >= 11 is 0. The van der Waals surface area contributed by atoms with Crippen LogP contribution >= 0.6 is 0 Å². The molecule has 1 aromatic rings. The molecule has 1 saturated heterocycles. The molecule has 3 rings (SSSR count). The second kappa shape index (κ2) is 6.52.